The van der Waals surface area contributed by atoms with Crippen LogP contribution in [0.25, 0.3) is 0 Å². The molecule has 0 saturated carbocycles. The topological polar surface area (TPSA) is 96.7 Å². The smallest absolute Gasteiger partial charge is 0.239 e. The van der Waals surface area contributed by atoms with Crippen molar-refractivity contribution in [2.45, 2.75) is 13.0 Å². The van der Waals surface area contributed by atoms with E-state index in [1.165, 1.54) is 0 Å². The molecule has 1 rings (SSSR count). The van der Waals surface area contributed by atoms with Gasteiger partial charge in [0.05, 0.1) is 19.7 Å². The number of nitrogens with two attached hydrogens (primary N) is 1. The summed E-state index contributed by atoms with van der Waals surface area (Å²) < 4.78 is 5.64. The van der Waals surface area contributed by atoms with Gasteiger partial charge in [-0.3, -0.25) is 9.59 Å². The summed E-state index contributed by atoms with van der Waals surface area (Å²) in [4.78, 5) is 24.6. The van der Waals surface area contributed by atoms with Crippen LogP contribution in [0.3, 0.4) is 0 Å². The van der Waals surface area contributed by atoms with Gasteiger partial charge in [-0.1, -0.05) is 12.1 Å². The van der Waals surface area contributed by atoms with E-state index in [4.69, 9.17) is 10.5 Å². The summed E-state index contributed by atoms with van der Waals surface area (Å²) in [5.74, 6) is 0.209. The zero-order valence-corrected chi connectivity index (χ0v) is 13.8. The van der Waals surface area contributed by atoms with Crippen molar-refractivity contribution >= 4 is 11.8 Å². The van der Waals surface area contributed by atoms with Crippen LogP contribution in [0.5, 0.6) is 5.75 Å². The van der Waals surface area contributed by atoms with Gasteiger partial charge in [0.1, 0.15) is 5.75 Å². The molecule has 0 fully saturated rings. The largest absolute Gasteiger partial charge is 0.494 e. The van der Waals surface area contributed by atoms with E-state index in [9.17, 15) is 9.59 Å². The van der Waals surface area contributed by atoms with Crippen LogP contribution in [0, 0.1) is 0 Å². The second-order valence-electron chi connectivity index (χ2n) is 5.41. The van der Waals surface area contributed by atoms with Crippen LogP contribution in [0.2, 0.25) is 0 Å². The molecule has 0 aliphatic heterocycles. The predicted octanol–water partition coefficient (Wildman–Crippen LogP) is -0.292. The van der Waals surface area contributed by atoms with Crippen molar-refractivity contribution in [3.63, 3.8) is 0 Å². The normalized spacial score (nSPS) is 10.4. The zero-order chi connectivity index (χ0) is 17.1. The molecule has 0 aromatic heterocycles. The lowest BCUT2D eigenvalue weighted by molar-refractivity contribution is -0.125. The average molecular weight is 322 g/mol. The maximum absolute atomic E-state index is 11.5. The second-order valence-corrected chi connectivity index (χ2v) is 5.41. The number of nitrogens with one attached hydrogen (secondary N) is 2. The van der Waals surface area contributed by atoms with Gasteiger partial charge >= 0.3 is 0 Å². The minimum absolute atomic E-state index is 0.0664. The third-order valence-electron chi connectivity index (χ3n) is 3.06. The highest BCUT2D eigenvalue weighted by molar-refractivity contribution is 5.85. The Hall–Kier alpha value is -2.12. The molecule has 4 N–H and O–H groups in total. The summed E-state index contributed by atoms with van der Waals surface area (Å²) in [7, 11) is 4.06. The zero-order valence-electron chi connectivity index (χ0n) is 13.8. The molecule has 0 atom stereocenters. The number of rotatable bonds is 10. The number of ether oxygens (including phenoxy) is 1. The molecule has 0 aliphatic rings. The summed E-state index contributed by atoms with van der Waals surface area (Å²) in [6, 6.07) is 7.57. The van der Waals surface area contributed by atoms with Gasteiger partial charge in [0.15, 0.2) is 0 Å². The van der Waals surface area contributed by atoms with Crippen molar-refractivity contribution < 1.29 is 14.3 Å². The SMILES string of the molecule is CN(C)CCCOc1ccc(CNC(=O)CNC(=O)CN)cc1. The summed E-state index contributed by atoms with van der Waals surface area (Å²) in [6.45, 7) is 1.88. The van der Waals surface area contributed by atoms with Crippen molar-refractivity contribution in [2.24, 2.45) is 5.73 Å². The quantitative estimate of drug-likeness (QED) is 0.514. The first kappa shape index (κ1) is 18.9. The number of carbonyl (C=O) groups excluding carboxylic acids is 2. The lowest BCUT2D eigenvalue weighted by Crippen LogP contribution is -2.39. The first-order chi connectivity index (χ1) is 11.0. The molecule has 0 aliphatic carbocycles. The molecule has 23 heavy (non-hydrogen) atoms. The number of hydrogen-bond acceptors (Lipinski definition) is 5. The highest BCUT2D eigenvalue weighted by Crippen LogP contribution is 2.12. The van der Waals surface area contributed by atoms with Crippen molar-refractivity contribution in [3.8, 4) is 5.75 Å². The fourth-order valence-corrected chi connectivity index (χ4v) is 1.79. The number of carbonyl (C=O) groups is 2. The first-order valence-electron chi connectivity index (χ1n) is 7.61. The van der Waals surface area contributed by atoms with E-state index in [1.807, 2.05) is 38.4 Å². The maximum atomic E-state index is 11.5. The van der Waals surface area contributed by atoms with Crippen molar-refractivity contribution in [1.82, 2.24) is 15.5 Å². The van der Waals surface area contributed by atoms with E-state index in [2.05, 4.69) is 15.5 Å². The molecular formula is C16H26N4O3. The van der Waals surface area contributed by atoms with Gasteiger partial charge in [0, 0.05) is 13.1 Å². The Morgan fingerprint density at radius 1 is 1.13 bits per heavy atom. The molecule has 1 aromatic rings. The Balaban J connectivity index is 2.25. The van der Waals surface area contributed by atoms with Gasteiger partial charge < -0.3 is 26.0 Å². The number of amides is 2. The average Bonchev–Trinajstić information content (AvgIpc) is 2.55. The van der Waals surface area contributed by atoms with E-state index in [1.54, 1.807) is 0 Å². The van der Waals surface area contributed by atoms with Crippen molar-refractivity contribution in [3.05, 3.63) is 29.8 Å². The molecule has 1 aromatic carbocycles. The Morgan fingerprint density at radius 2 is 1.83 bits per heavy atom. The highest BCUT2D eigenvalue weighted by atomic mass is 16.5. The van der Waals surface area contributed by atoms with Crippen LogP contribution >= 0.6 is 0 Å². The van der Waals surface area contributed by atoms with Crippen molar-refractivity contribution in [2.75, 3.05) is 40.3 Å². The van der Waals surface area contributed by atoms with Crippen LogP contribution in [0.15, 0.2) is 24.3 Å². The fraction of sp³-hybridized carbons (Fsp3) is 0.500. The third kappa shape index (κ3) is 8.80. The minimum Gasteiger partial charge on any atom is -0.494 e. The lowest BCUT2D eigenvalue weighted by Gasteiger charge is -2.11. The van der Waals surface area contributed by atoms with Gasteiger partial charge in [0.2, 0.25) is 11.8 Å². The van der Waals surface area contributed by atoms with Gasteiger partial charge in [-0.25, -0.2) is 0 Å². The van der Waals surface area contributed by atoms with Crippen LogP contribution < -0.4 is 21.1 Å². The Labute approximate surface area is 137 Å². The molecule has 0 unspecified atom stereocenters. The van der Waals surface area contributed by atoms with E-state index < -0.39 is 0 Å². The Morgan fingerprint density at radius 3 is 2.43 bits per heavy atom. The van der Waals surface area contributed by atoms with E-state index >= 15 is 0 Å². The van der Waals surface area contributed by atoms with E-state index in [0.29, 0.717) is 13.2 Å². The summed E-state index contributed by atoms with van der Waals surface area (Å²) >= 11 is 0. The van der Waals surface area contributed by atoms with Gasteiger partial charge in [-0.15, -0.1) is 0 Å². The standard InChI is InChI=1S/C16H26N4O3/c1-20(2)8-3-9-23-14-6-4-13(5-7-14)11-18-16(22)12-19-15(21)10-17/h4-7H,3,8-12,17H2,1-2H3,(H,18,22)(H,19,21). The number of hydrogen-bond donors (Lipinski definition) is 3. The van der Waals surface area contributed by atoms with Crippen LogP contribution in [0.1, 0.15) is 12.0 Å². The summed E-state index contributed by atoms with van der Waals surface area (Å²) in [6.07, 6.45) is 0.972. The van der Waals surface area contributed by atoms with Gasteiger partial charge in [-0.2, -0.15) is 0 Å². The summed E-state index contributed by atoms with van der Waals surface area (Å²) in [5.41, 5.74) is 6.10. The molecule has 2 amide bonds. The van der Waals surface area contributed by atoms with Crippen LogP contribution in [0.4, 0.5) is 0 Å². The van der Waals surface area contributed by atoms with Crippen molar-refractivity contribution in [1.29, 1.82) is 0 Å². The molecule has 7 heteroatoms. The molecule has 128 valence electrons. The molecular weight excluding hydrogens is 296 g/mol. The van der Waals surface area contributed by atoms with Crippen LogP contribution in [-0.4, -0.2) is 57.1 Å². The monoisotopic (exact) mass is 322 g/mol. The Kier molecular flexibility index (Phi) is 8.71. The molecule has 7 nitrogen and oxygen atoms in total. The second kappa shape index (κ2) is 10.6. The summed E-state index contributed by atoms with van der Waals surface area (Å²) in [5, 5.41) is 5.14. The first-order valence-corrected chi connectivity index (χ1v) is 7.61. The molecule has 0 heterocycles. The molecule has 0 bridgehead atoms. The van der Waals surface area contributed by atoms with Gasteiger partial charge in [-0.05, 0) is 38.2 Å². The number of benzene rings is 1. The molecule has 0 saturated heterocycles. The maximum Gasteiger partial charge on any atom is 0.239 e. The molecule has 0 radical (unpaired) electrons. The number of nitrogens with zero attached hydrogens (tertiary/aromatic N) is 1. The lowest BCUT2D eigenvalue weighted by atomic mass is 10.2. The molecule has 0 spiro atoms. The fourth-order valence-electron chi connectivity index (χ4n) is 1.79. The Bertz CT molecular complexity index is 489. The van der Waals surface area contributed by atoms with Crippen LogP contribution in [-0.2, 0) is 16.1 Å². The van der Waals surface area contributed by atoms with E-state index in [-0.39, 0.29) is 24.9 Å². The van der Waals surface area contributed by atoms with Gasteiger partial charge in [0.25, 0.3) is 0 Å². The van der Waals surface area contributed by atoms with E-state index in [0.717, 1.165) is 24.3 Å². The predicted molar refractivity (Wildman–Crippen MR) is 89.0 cm³/mol. The minimum atomic E-state index is -0.351. The highest BCUT2D eigenvalue weighted by Gasteiger charge is 2.04. The third-order valence-corrected chi connectivity index (χ3v) is 3.06.